The SMILES string of the molecule is Cc1cccc2c(C=O)cn(-c3ccc(Cl)cc3)c12. The summed E-state index contributed by atoms with van der Waals surface area (Å²) in [6.07, 6.45) is 2.77. The van der Waals surface area contributed by atoms with Crippen molar-refractivity contribution in [3.05, 3.63) is 64.8 Å². The summed E-state index contributed by atoms with van der Waals surface area (Å²) in [6.45, 7) is 2.04. The van der Waals surface area contributed by atoms with Gasteiger partial charge >= 0.3 is 0 Å². The summed E-state index contributed by atoms with van der Waals surface area (Å²) < 4.78 is 2.03. The molecule has 2 nitrogen and oxygen atoms in total. The third-order valence-corrected chi connectivity index (χ3v) is 3.54. The summed E-state index contributed by atoms with van der Waals surface area (Å²) in [6, 6.07) is 13.6. The molecule has 0 saturated heterocycles. The van der Waals surface area contributed by atoms with Crippen molar-refractivity contribution in [2.75, 3.05) is 0 Å². The number of halogens is 1. The summed E-state index contributed by atoms with van der Waals surface area (Å²) in [7, 11) is 0. The van der Waals surface area contributed by atoms with Gasteiger partial charge in [-0.3, -0.25) is 4.79 Å². The molecule has 19 heavy (non-hydrogen) atoms. The first-order valence-electron chi connectivity index (χ1n) is 6.02. The lowest BCUT2D eigenvalue weighted by Crippen LogP contribution is -1.92. The summed E-state index contributed by atoms with van der Waals surface area (Å²) in [5, 5.41) is 1.68. The quantitative estimate of drug-likeness (QED) is 0.632. The Balaban J connectivity index is 2.35. The minimum Gasteiger partial charge on any atom is -0.316 e. The normalized spacial score (nSPS) is 10.8. The van der Waals surface area contributed by atoms with Crippen LogP contribution in [0.1, 0.15) is 15.9 Å². The van der Waals surface area contributed by atoms with Gasteiger partial charge in [0.2, 0.25) is 0 Å². The molecule has 0 amide bonds. The van der Waals surface area contributed by atoms with E-state index in [0.717, 1.165) is 28.4 Å². The van der Waals surface area contributed by atoms with Gasteiger partial charge in [0.1, 0.15) is 0 Å². The maximum atomic E-state index is 11.2. The van der Waals surface area contributed by atoms with Crippen LogP contribution in [0.4, 0.5) is 0 Å². The third kappa shape index (κ3) is 1.94. The van der Waals surface area contributed by atoms with Crippen LogP contribution < -0.4 is 0 Å². The number of fused-ring (bicyclic) bond motifs is 1. The Morgan fingerprint density at radius 2 is 1.84 bits per heavy atom. The van der Waals surface area contributed by atoms with Gasteiger partial charge in [0.05, 0.1) is 5.52 Å². The van der Waals surface area contributed by atoms with Crippen molar-refractivity contribution >= 4 is 28.8 Å². The highest BCUT2D eigenvalue weighted by molar-refractivity contribution is 6.30. The van der Waals surface area contributed by atoms with E-state index >= 15 is 0 Å². The van der Waals surface area contributed by atoms with Crippen molar-refractivity contribution in [1.29, 1.82) is 0 Å². The van der Waals surface area contributed by atoms with Crippen molar-refractivity contribution in [3.63, 3.8) is 0 Å². The molecule has 3 aromatic rings. The Kier molecular flexibility index (Phi) is 2.88. The first-order chi connectivity index (χ1) is 9.20. The van der Waals surface area contributed by atoms with Crippen LogP contribution in [0.3, 0.4) is 0 Å². The van der Waals surface area contributed by atoms with E-state index in [9.17, 15) is 4.79 Å². The fourth-order valence-corrected chi connectivity index (χ4v) is 2.51. The van der Waals surface area contributed by atoms with Gasteiger partial charge in [0, 0.05) is 27.9 Å². The van der Waals surface area contributed by atoms with Gasteiger partial charge in [-0.05, 0) is 36.8 Å². The highest BCUT2D eigenvalue weighted by Gasteiger charge is 2.10. The number of carbonyl (C=O) groups excluding carboxylic acids is 1. The number of aldehydes is 1. The number of rotatable bonds is 2. The van der Waals surface area contributed by atoms with Crippen LogP contribution in [0.25, 0.3) is 16.6 Å². The largest absolute Gasteiger partial charge is 0.316 e. The standard InChI is InChI=1S/C16H12ClNO/c1-11-3-2-4-15-12(10-19)9-18(16(11)15)14-7-5-13(17)6-8-14/h2-10H,1H3. The van der Waals surface area contributed by atoms with E-state index in [1.54, 1.807) is 0 Å². The molecular formula is C16H12ClNO. The Bertz CT molecular complexity index is 756. The van der Waals surface area contributed by atoms with Crippen molar-refractivity contribution < 1.29 is 4.79 Å². The highest BCUT2D eigenvalue weighted by Crippen LogP contribution is 2.27. The fourth-order valence-electron chi connectivity index (χ4n) is 2.38. The summed E-state index contributed by atoms with van der Waals surface area (Å²) in [5.74, 6) is 0. The Labute approximate surface area is 116 Å². The van der Waals surface area contributed by atoms with Gasteiger partial charge in [-0.2, -0.15) is 0 Å². The Hall–Kier alpha value is -2.06. The first-order valence-corrected chi connectivity index (χ1v) is 6.40. The van der Waals surface area contributed by atoms with Crippen molar-refractivity contribution in [1.82, 2.24) is 4.57 Å². The zero-order chi connectivity index (χ0) is 13.4. The zero-order valence-corrected chi connectivity index (χ0v) is 11.2. The van der Waals surface area contributed by atoms with Gasteiger partial charge in [-0.15, -0.1) is 0 Å². The van der Waals surface area contributed by atoms with E-state index in [-0.39, 0.29) is 0 Å². The minimum absolute atomic E-state index is 0.701. The zero-order valence-electron chi connectivity index (χ0n) is 10.4. The molecule has 1 heterocycles. The van der Waals surface area contributed by atoms with E-state index in [2.05, 4.69) is 0 Å². The van der Waals surface area contributed by atoms with E-state index in [0.29, 0.717) is 10.6 Å². The van der Waals surface area contributed by atoms with Crippen LogP contribution in [-0.4, -0.2) is 10.9 Å². The number of hydrogen-bond acceptors (Lipinski definition) is 1. The molecule has 1 aromatic heterocycles. The molecule has 0 aliphatic rings. The summed E-state index contributed by atoms with van der Waals surface area (Å²) in [4.78, 5) is 11.2. The van der Waals surface area contributed by atoms with E-state index in [1.165, 1.54) is 0 Å². The molecule has 0 saturated carbocycles. The topological polar surface area (TPSA) is 22.0 Å². The fraction of sp³-hybridized carbons (Fsp3) is 0.0625. The van der Waals surface area contributed by atoms with E-state index < -0.39 is 0 Å². The molecule has 0 aliphatic heterocycles. The summed E-state index contributed by atoms with van der Waals surface area (Å²) >= 11 is 5.92. The maximum absolute atomic E-state index is 11.2. The second-order valence-corrected chi connectivity index (χ2v) is 4.96. The molecule has 94 valence electrons. The third-order valence-electron chi connectivity index (χ3n) is 3.29. The van der Waals surface area contributed by atoms with E-state index in [1.807, 2.05) is 60.2 Å². The molecule has 3 rings (SSSR count). The molecule has 0 atom stereocenters. The molecule has 0 fully saturated rings. The average molecular weight is 270 g/mol. The Morgan fingerprint density at radius 3 is 2.53 bits per heavy atom. The highest BCUT2D eigenvalue weighted by atomic mass is 35.5. The number of para-hydroxylation sites is 1. The number of hydrogen-bond donors (Lipinski definition) is 0. The van der Waals surface area contributed by atoms with Gasteiger partial charge in [0.25, 0.3) is 0 Å². The lowest BCUT2D eigenvalue weighted by molar-refractivity contribution is 0.112. The van der Waals surface area contributed by atoms with Crippen LogP contribution in [-0.2, 0) is 0 Å². The van der Waals surface area contributed by atoms with Gasteiger partial charge in [-0.25, -0.2) is 0 Å². The Morgan fingerprint density at radius 1 is 1.11 bits per heavy atom. The van der Waals surface area contributed by atoms with Gasteiger partial charge in [-0.1, -0.05) is 29.8 Å². The lowest BCUT2D eigenvalue weighted by atomic mass is 10.1. The second kappa shape index (κ2) is 4.56. The van der Waals surface area contributed by atoms with Crippen LogP contribution in [0.2, 0.25) is 5.02 Å². The van der Waals surface area contributed by atoms with Crippen molar-refractivity contribution in [3.8, 4) is 5.69 Å². The molecule has 0 spiro atoms. The van der Waals surface area contributed by atoms with Crippen LogP contribution in [0, 0.1) is 6.92 Å². The molecule has 0 N–H and O–H groups in total. The van der Waals surface area contributed by atoms with Crippen LogP contribution in [0.15, 0.2) is 48.7 Å². The molecular weight excluding hydrogens is 258 g/mol. The number of nitrogens with zero attached hydrogens (tertiary/aromatic N) is 1. The predicted octanol–water partition coefficient (Wildman–Crippen LogP) is 4.40. The molecule has 0 unspecified atom stereocenters. The summed E-state index contributed by atoms with van der Waals surface area (Å²) in [5.41, 5.74) is 3.90. The monoisotopic (exact) mass is 269 g/mol. The van der Waals surface area contributed by atoms with E-state index in [4.69, 9.17) is 11.6 Å². The minimum atomic E-state index is 0.701. The number of benzene rings is 2. The maximum Gasteiger partial charge on any atom is 0.152 e. The van der Waals surface area contributed by atoms with Crippen molar-refractivity contribution in [2.24, 2.45) is 0 Å². The average Bonchev–Trinajstić information content (AvgIpc) is 2.80. The van der Waals surface area contributed by atoms with Gasteiger partial charge in [0.15, 0.2) is 6.29 Å². The molecule has 3 heteroatoms. The van der Waals surface area contributed by atoms with Crippen LogP contribution in [0.5, 0.6) is 0 Å². The van der Waals surface area contributed by atoms with Crippen molar-refractivity contribution in [2.45, 2.75) is 6.92 Å². The molecule has 2 aromatic carbocycles. The first kappa shape index (κ1) is 12.0. The number of aromatic nitrogens is 1. The van der Waals surface area contributed by atoms with Gasteiger partial charge < -0.3 is 4.57 Å². The number of aryl methyl sites for hydroxylation is 1. The molecule has 0 aliphatic carbocycles. The molecule has 0 radical (unpaired) electrons. The number of carbonyl (C=O) groups is 1. The van der Waals surface area contributed by atoms with Crippen LogP contribution >= 0.6 is 11.6 Å². The molecule has 0 bridgehead atoms. The lowest BCUT2D eigenvalue weighted by Gasteiger charge is -2.07. The second-order valence-electron chi connectivity index (χ2n) is 4.52. The smallest absolute Gasteiger partial charge is 0.152 e. The predicted molar refractivity (Wildman–Crippen MR) is 78.4 cm³/mol.